The number of amidine groups is 1. The first-order valence-corrected chi connectivity index (χ1v) is 6.72. The first kappa shape index (κ1) is 11.1. The highest BCUT2D eigenvalue weighted by molar-refractivity contribution is 7.89. The van der Waals surface area contributed by atoms with Crippen LogP contribution in [-0.2, 0) is 15.8 Å². The van der Waals surface area contributed by atoms with Crippen LogP contribution in [0.1, 0.15) is 36.5 Å². The molecule has 0 radical (unpaired) electrons. The molecule has 1 aliphatic heterocycles. The van der Waals surface area contributed by atoms with E-state index in [0.29, 0.717) is 5.92 Å². The molecule has 2 rings (SSSR count). The van der Waals surface area contributed by atoms with Crippen LogP contribution in [0.2, 0.25) is 0 Å². The summed E-state index contributed by atoms with van der Waals surface area (Å²) in [6, 6.07) is 5.62. The zero-order chi connectivity index (χ0) is 11.9. The van der Waals surface area contributed by atoms with Crippen LogP contribution in [0.3, 0.4) is 0 Å². The van der Waals surface area contributed by atoms with Gasteiger partial charge >= 0.3 is 0 Å². The van der Waals surface area contributed by atoms with Crippen LogP contribution < -0.4 is 5.73 Å². The number of benzene rings is 1. The molecule has 2 N–H and O–H groups in total. The van der Waals surface area contributed by atoms with Crippen molar-refractivity contribution in [3.63, 3.8) is 0 Å². The Labute approximate surface area is 95.2 Å². The minimum atomic E-state index is -3.42. The Bertz CT molecular complexity index is 559. The zero-order valence-electron chi connectivity index (χ0n) is 9.27. The van der Waals surface area contributed by atoms with Gasteiger partial charge in [-0.3, -0.25) is 0 Å². The molecule has 0 saturated carbocycles. The van der Waals surface area contributed by atoms with Crippen LogP contribution in [0.15, 0.2) is 22.6 Å². The molecule has 86 valence electrons. The van der Waals surface area contributed by atoms with Gasteiger partial charge in [-0.1, -0.05) is 32.0 Å². The van der Waals surface area contributed by atoms with E-state index in [-0.39, 0.29) is 11.6 Å². The van der Waals surface area contributed by atoms with Crippen molar-refractivity contribution in [1.82, 2.24) is 0 Å². The van der Waals surface area contributed by atoms with Gasteiger partial charge in [0, 0.05) is 5.56 Å². The summed E-state index contributed by atoms with van der Waals surface area (Å²) in [7, 11) is -3.42. The Balaban J connectivity index is 2.70. The number of hydrogen-bond acceptors (Lipinski definition) is 3. The first-order valence-electron chi connectivity index (χ1n) is 5.11. The van der Waals surface area contributed by atoms with Crippen LogP contribution in [0.4, 0.5) is 0 Å². The first-order chi connectivity index (χ1) is 7.41. The molecule has 16 heavy (non-hydrogen) atoms. The van der Waals surface area contributed by atoms with Gasteiger partial charge in [-0.05, 0) is 17.0 Å². The van der Waals surface area contributed by atoms with Gasteiger partial charge in [-0.15, -0.1) is 4.40 Å². The van der Waals surface area contributed by atoms with Gasteiger partial charge < -0.3 is 5.73 Å². The highest BCUT2D eigenvalue weighted by Crippen LogP contribution is 2.27. The average Bonchev–Trinajstić information content (AvgIpc) is 2.14. The topological polar surface area (TPSA) is 72.5 Å². The number of rotatable bonds is 1. The third-order valence-corrected chi connectivity index (χ3v) is 3.79. The lowest BCUT2D eigenvalue weighted by molar-refractivity contribution is 0.596. The van der Waals surface area contributed by atoms with Gasteiger partial charge in [0.15, 0.2) is 0 Å². The molecule has 0 bridgehead atoms. The van der Waals surface area contributed by atoms with Gasteiger partial charge in [0.05, 0.1) is 5.75 Å². The Kier molecular flexibility index (Phi) is 2.50. The minimum Gasteiger partial charge on any atom is -0.383 e. The summed E-state index contributed by atoms with van der Waals surface area (Å²) in [5.41, 5.74) is 8.33. The van der Waals surface area contributed by atoms with E-state index in [1.54, 1.807) is 6.07 Å². The average molecular weight is 238 g/mol. The maximum atomic E-state index is 11.4. The second-order valence-electron chi connectivity index (χ2n) is 4.24. The van der Waals surface area contributed by atoms with E-state index in [2.05, 4.69) is 4.40 Å². The molecule has 0 fully saturated rings. The maximum absolute atomic E-state index is 11.4. The molecule has 0 saturated heterocycles. The minimum absolute atomic E-state index is 0.0520. The smallest absolute Gasteiger partial charge is 0.259 e. The second-order valence-corrected chi connectivity index (χ2v) is 5.87. The predicted molar refractivity (Wildman–Crippen MR) is 63.9 cm³/mol. The summed E-state index contributed by atoms with van der Waals surface area (Å²) in [6.45, 7) is 4.10. The number of sulfonamides is 1. The molecular weight excluding hydrogens is 224 g/mol. The number of fused-ring (bicyclic) bond motifs is 1. The molecular formula is C11H14N2O2S. The summed E-state index contributed by atoms with van der Waals surface area (Å²) in [5.74, 6) is 0.360. The maximum Gasteiger partial charge on any atom is 0.259 e. The molecule has 0 unspecified atom stereocenters. The molecule has 0 aromatic heterocycles. The SMILES string of the molecule is CC(C)c1cccc2c1C(N)=NS(=O)(=O)C2. The molecule has 0 spiro atoms. The fourth-order valence-corrected chi connectivity index (χ4v) is 3.05. The van der Waals surface area contributed by atoms with Gasteiger partial charge in [0.1, 0.15) is 5.84 Å². The lowest BCUT2D eigenvalue weighted by Gasteiger charge is -2.19. The van der Waals surface area contributed by atoms with E-state index in [9.17, 15) is 8.42 Å². The Morgan fingerprint density at radius 1 is 1.38 bits per heavy atom. The lowest BCUT2D eigenvalue weighted by Crippen LogP contribution is -2.25. The number of hydrogen-bond donors (Lipinski definition) is 1. The van der Waals surface area contributed by atoms with E-state index < -0.39 is 10.0 Å². The molecule has 5 heteroatoms. The van der Waals surface area contributed by atoms with Gasteiger partial charge in [0.2, 0.25) is 0 Å². The summed E-state index contributed by atoms with van der Waals surface area (Å²) < 4.78 is 26.4. The summed E-state index contributed by atoms with van der Waals surface area (Å²) >= 11 is 0. The molecule has 1 aromatic rings. The van der Waals surface area contributed by atoms with Crippen LogP contribution in [0.5, 0.6) is 0 Å². The normalized spacial score (nSPS) is 18.1. The Hall–Kier alpha value is -1.36. The van der Waals surface area contributed by atoms with Gasteiger partial charge in [-0.2, -0.15) is 0 Å². The molecule has 1 aromatic carbocycles. The summed E-state index contributed by atoms with van der Waals surface area (Å²) in [4.78, 5) is 0. The summed E-state index contributed by atoms with van der Waals surface area (Å²) in [5, 5.41) is 0. The fourth-order valence-electron chi connectivity index (χ4n) is 1.96. The highest BCUT2D eigenvalue weighted by atomic mass is 32.2. The summed E-state index contributed by atoms with van der Waals surface area (Å²) in [6.07, 6.45) is 0. The fraction of sp³-hybridized carbons (Fsp3) is 0.364. The van der Waals surface area contributed by atoms with Gasteiger partial charge in [0.25, 0.3) is 10.0 Å². The van der Waals surface area contributed by atoms with E-state index in [0.717, 1.165) is 16.7 Å². The zero-order valence-corrected chi connectivity index (χ0v) is 10.1. The molecule has 0 amide bonds. The molecule has 0 aliphatic carbocycles. The van der Waals surface area contributed by atoms with E-state index in [4.69, 9.17) is 5.73 Å². The lowest BCUT2D eigenvalue weighted by atomic mass is 9.93. The van der Waals surface area contributed by atoms with Crippen molar-refractivity contribution in [3.05, 3.63) is 34.9 Å². The Morgan fingerprint density at radius 2 is 2.06 bits per heavy atom. The van der Waals surface area contributed by atoms with Crippen molar-refractivity contribution in [2.45, 2.75) is 25.5 Å². The van der Waals surface area contributed by atoms with Crippen molar-refractivity contribution in [2.24, 2.45) is 10.1 Å². The standard InChI is InChI=1S/C11H14N2O2S/c1-7(2)9-5-3-4-8-6-16(14,15)13-11(12)10(8)9/h3-5,7H,6H2,1-2H3,(H2,12,13). The highest BCUT2D eigenvalue weighted by Gasteiger charge is 2.24. The monoisotopic (exact) mass is 238 g/mol. The third kappa shape index (κ3) is 1.82. The number of nitrogens with two attached hydrogens (primary N) is 1. The third-order valence-electron chi connectivity index (χ3n) is 2.64. The quantitative estimate of drug-likeness (QED) is 0.802. The van der Waals surface area contributed by atoms with Gasteiger partial charge in [-0.25, -0.2) is 8.42 Å². The van der Waals surface area contributed by atoms with Crippen molar-refractivity contribution in [1.29, 1.82) is 0 Å². The molecule has 1 aliphatic rings. The van der Waals surface area contributed by atoms with E-state index in [1.807, 2.05) is 26.0 Å². The van der Waals surface area contributed by atoms with Crippen LogP contribution in [-0.4, -0.2) is 14.3 Å². The van der Waals surface area contributed by atoms with E-state index in [1.165, 1.54) is 0 Å². The van der Waals surface area contributed by atoms with Crippen LogP contribution in [0, 0.1) is 0 Å². The second kappa shape index (κ2) is 3.59. The van der Waals surface area contributed by atoms with Crippen molar-refractivity contribution in [3.8, 4) is 0 Å². The predicted octanol–water partition coefficient (Wildman–Crippen LogP) is 1.36. The number of nitrogens with zero attached hydrogens (tertiary/aromatic N) is 1. The molecule has 4 nitrogen and oxygen atoms in total. The molecule has 0 atom stereocenters. The largest absolute Gasteiger partial charge is 0.383 e. The van der Waals surface area contributed by atoms with Crippen molar-refractivity contribution < 1.29 is 8.42 Å². The van der Waals surface area contributed by atoms with Crippen molar-refractivity contribution in [2.75, 3.05) is 0 Å². The van der Waals surface area contributed by atoms with Crippen molar-refractivity contribution >= 4 is 15.9 Å². The van der Waals surface area contributed by atoms with Crippen LogP contribution in [0.25, 0.3) is 0 Å². The van der Waals surface area contributed by atoms with E-state index >= 15 is 0 Å². The van der Waals surface area contributed by atoms with Crippen LogP contribution >= 0.6 is 0 Å². The molecule has 1 heterocycles. The Morgan fingerprint density at radius 3 is 2.69 bits per heavy atom.